The van der Waals surface area contributed by atoms with Gasteiger partial charge in [0.2, 0.25) is 5.89 Å². The molecule has 2 heterocycles. The van der Waals surface area contributed by atoms with Crippen LogP contribution in [0.5, 0.6) is 0 Å². The molecule has 1 atom stereocenters. The van der Waals surface area contributed by atoms with Crippen LogP contribution < -0.4 is 5.32 Å². The van der Waals surface area contributed by atoms with E-state index in [9.17, 15) is 14.3 Å². The molecule has 35 heavy (non-hydrogen) atoms. The first-order valence-electron chi connectivity index (χ1n) is 11.4. The summed E-state index contributed by atoms with van der Waals surface area (Å²) in [4.78, 5) is 21.0. The third-order valence-corrected chi connectivity index (χ3v) is 5.97. The quantitative estimate of drug-likeness (QED) is 0.439. The van der Waals surface area contributed by atoms with Crippen LogP contribution in [0.3, 0.4) is 0 Å². The molecule has 8 nitrogen and oxygen atoms in total. The van der Waals surface area contributed by atoms with E-state index in [1.54, 1.807) is 0 Å². The third-order valence-electron chi connectivity index (χ3n) is 5.68. The number of halogens is 2. The fourth-order valence-corrected chi connectivity index (χ4v) is 4.00. The number of amides is 1. The van der Waals surface area contributed by atoms with Crippen LogP contribution in [0.15, 0.2) is 59.2 Å². The van der Waals surface area contributed by atoms with Crippen LogP contribution in [0.1, 0.15) is 21.9 Å². The number of hydrogen-bond donors (Lipinski definition) is 2. The van der Waals surface area contributed by atoms with Crippen molar-refractivity contribution >= 4 is 23.2 Å². The summed E-state index contributed by atoms with van der Waals surface area (Å²) >= 11 is 5.75. The van der Waals surface area contributed by atoms with Crippen molar-refractivity contribution in [3.8, 4) is 0 Å². The van der Waals surface area contributed by atoms with Gasteiger partial charge in [0, 0.05) is 38.4 Å². The number of carbonyl (C=O) groups is 1. The molecule has 2 aromatic carbocycles. The lowest BCUT2D eigenvalue weighted by molar-refractivity contribution is 0.000371. The number of rotatable bonds is 10. The van der Waals surface area contributed by atoms with Crippen molar-refractivity contribution in [2.45, 2.75) is 19.3 Å². The molecule has 1 fully saturated rings. The van der Waals surface area contributed by atoms with E-state index in [1.807, 2.05) is 30.3 Å². The van der Waals surface area contributed by atoms with Crippen molar-refractivity contribution in [3.05, 3.63) is 82.8 Å². The number of aromatic nitrogens is 1. The van der Waals surface area contributed by atoms with Gasteiger partial charge in [0.15, 0.2) is 5.69 Å². The number of oxazole rings is 1. The molecular formula is C25H28ClFN4O4. The minimum absolute atomic E-state index is 0.0741. The molecule has 2 N–H and O–H groups in total. The Labute approximate surface area is 208 Å². The zero-order valence-electron chi connectivity index (χ0n) is 19.2. The van der Waals surface area contributed by atoms with E-state index < -0.39 is 17.8 Å². The van der Waals surface area contributed by atoms with E-state index >= 15 is 0 Å². The first-order valence-corrected chi connectivity index (χ1v) is 11.8. The molecule has 0 spiro atoms. The number of benzene rings is 2. The fraction of sp³-hybridized carbons (Fsp3) is 0.360. The second-order valence-electron chi connectivity index (χ2n) is 8.44. The maximum atomic E-state index is 13.3. The summed E-state index contributed by atoms with van der Waals surface area (Å²) < 4.78 is 24.4. The first-order chi connectivity index (χ1) is 17.0. The highest BCUT2D eigenvalue weighted by Gasteiger charge is 2.21. The Kier molecular flexibility index (Phi) is 8.84. The van der Waals surface area contributed by atoms with Crippen LogP contribution in [0.4, 0.5) is 10.1 Å². The third kappa shape index (κ3) is 7.58. The summed E-state index contributed by atoms with van der Waals surface area (Å²) in [6, 6.07) is 13.8. The lowest BCUT2D eigenvalue weighted by atomic mass is 10.2. The van der Waals surface area contributed by atoms with Crippen LogP contribution in [-0.4, -0.2) is 71.2 Å². The number of nitrogens with one attached hydrogen (secondary N) is 1. The zero-order valence-corrected chi connectivity index (χ0v) is 20.0. The number of β-amino-alcohol motifs (C(OH)–C–C–N with tert-alkyl or cyclic N) is 1. The van der Waals surface area contributed by atoms with Gasteiger partial charge in [0.25, 0.3) is 5.91 Å². The van der Waals surface area contributed by atoms with E-state index in [-0.39, 0.29) is 10.7 Å². The molecule has 0 bridgehead atoms. The molecule has 0 aliphatic carbocycles. The molecule has 1 saturated heterocycles. The first kappa shape index (κ1) is 25.3. The average Bonchev–Trinajstić information content (AvgIpc) is 3.32. The van der Waals surface area contributed by atoms with Crippen molar-refractivity contribution in [3.63, 3.8) is 0 Å². The van der Waals surface area contributed by atoms with Gasteiger partial charge in [-0.2, -0.15) is 0 Å². The van der Waals surface area contributed by atoms with E-state index in [1.165, 1.54) is 24.5 Å². The summed E-state index contributed by atoms with van der Waals surface area (Å²) in [5.74, 6) is -0.578. The van der Waals surface area contributed by atoms with Crippen molar-refractivity contribution in [1.82, 2.24) is 14.8 Å². The Bertz CT molecular complexity index is 1110. The summed E-state index contributed by atoms with van der Waals surface area (Å²) in [5.41, 5.74) is 1.59. The maximum Gasteiger partial charge on any atom is 0.277 e. The minimum Gasteiger partial charge on any atom is -0.447 e. The molecule has 1 aliphatic rings. The summed E-state index contributed by atoms with van der Waals surface area (Å²) in [6.07, 6.45) is 0.756. The second-order valence-corrected chi connectivity index (χ2v) is 8.85. The topological polar surface area (TPSA) is 91.1 Å². The summed E-state index contributed by atoms with van der Waals surface area (Å²) in [7, 11) is 0. The Morgan fingerprint density at radius 2 is 1.91 bits per heavy atom. The predicted octanol–water partition coefficient (Wildman–Crippen LogP) is 3.41. The zero-order chi connectivity index (χ0) is 24.6. The minimum atomic E-state index is -0.556. The Morgan fingerprint density at radius 1 is 1.17 bits per heavy atom. The van der Waals surface area contributed by atoms with Gasteiger partial charge in [-0.1, -0.05) is 41.9 Å². The van der Waals surface area contributed by atoms with Gasteiger partial charge in [-0.25, -0.2) is 9.37 Å². The van der Waals surface area contributed by atoms with Gasteiger partial charge in [-0.15, -0.1) is 0 Å². The Balaban J connectivity index is 1.16. The number of piperazine rings is 1. The normalized spacial score (nSPS) is 15.7. The van der Waals surface area contributed by atoms with Crippen LogP contribution in [0.25, 0.3) is 0 Å². The van der Waals surface area contributed by atoms with E-state index in [0.29, 0.717) is 37.9 Å². The van der Waals surface area contributed by atoms with Crippen LogP contribution in [0, 0.1) is 5.82 Å². The molecule has 1 amide bonds. The predicted molar refractivity (Wildman–Crippen MR) is 130 cm³/mol. The highest BCUT2D eigenvalue weighted by Crippen LogP contribution is 2.20. The molecule has 4 rings (SSSR count). The number of nitrogens with zero attached hydrogens (tertiary/aromatic N) is 3. The molecule has 0 saturated carbocycles. The molecule has 3 aromatic rings. The molecule has 1 aromatic heterocycles. The second kappa shape index (κ2) is 12.2. The maximum absolute atomic E-state index is 13.3. The van der Waals surface area contributed by atoms with E-state index in [0.717, 1.165) is 31.7 Å². The number of aliphatic hydroxyl groups is 1. The van der Waals surface area contributed by atoms with E-state index in [2.05, 4.69) is 20.1 Å². The average molecular weight is 503 g/mol. The molecule has 1 aliphatic heterocycles. The van der Waals surface area contributed by atoms with Gasteiger partial charge in [-0.3, -0.25) is 14.6 Å². The number of hydrogen-bond acceptors (Lipinski definition) is 7. The summed E-state index contributed by atoms with van der Waals surface area (Å²) in [6.45, 7) is 4.99. The van der Waals surface area contributed by atoms with Gasteiger partial charge < -0.3 is 19.6 Å². The largest absolute Gasteiger partial charge is 0.447 e. The molecule has 1 unspecified atom stereocenters. The van der Waals surface area contributed by atoms with Gasteiger partial charge in [-0.05, 0) is 23.8 Å². The van der Waals surface area contributed by atoms with Crippen molar-refractivity contribution in [1.29, 1.82) is 0 Å². The standard InChI is InChI=1S/C25H28ClFN4O4/c26-21-12-19(6-7-22(21)27)28-25(33)23-17-35-24(29-23)14-31-10-8-30(9-11-31)13-20(32)16-34-15-18-4-2-1-3-5-18/h1-7,12,17,20,32H,8-11,13-16H2,(H,28,33). The summed E-state index contributed by atoms with van der Waals surface area (Å²) in [5, 5.41) is 12.9. The SMILES string of the molecule is O=C(Nc1ccc(F)c(Cl)c1)c1coc(CN2CCN(CC(O)COCc3ccccc3)CC2)n1. The van der Waals surface area contributed by atoms with Gasteiger partial charge in [0.1, 0.15) is 12.1 Å². The lowest BCUT2D eigenvalue weighted by Gasteiger charge is -2.34. The molecular weight excluding hydrogens is 475 g/mol. The van der Waals surface area contributed by atoms with Crippen molar-refractivity contribution < 1.29 is 23.4 Å². The molecule has 10 heteroatoms. The van der Waals surface area contributed by atoms with Crippen molar-refractivity contribution in [2.24, 2.45) is 0 Å². The number of carbonyl (C=O) groups excluding carboxylic acids is 1. The monoisotopic (exact) mass is 502 g/mol. The van der Waals surface area contributed by atoms with Gasteiger partial charge >= 0.3 is 0 Å². The van der Waals surface area contributed by atoms with E-state index in [4.69, 9.17) is 20.8 Å². The fourth-order valence-electron chi connectivity index (χ4n) is 3.82. The van der Waals surface area contributed by atoms with Crippen molar-refractivity contribution in [2.75, 3.05) is 44.6 Å². The van der Waals surface area contributed by atoms with Crippen LogP contribution >= 0.6 is 11.6 Å². The number of anilines is 1. The highest BCUT2D eigenvalue weighted by molar-refractivity contribution is 6.31. The van der Waals surface area contributed by atoms with Crippen LogP contribution in [-0.2, 0) is 17.9 Å². The lowest BCUT2D eigenvalue weighted by Crippen LogP contribution is -2.48. The van der Waals surface area contributed by atoms with Crippen LogP contribution in [0.2, 0.25) is 5.02 Å². The Hall–Kier alpha value is -2.82. The number of aliphatic hydroxyl groups excluding tert-OH is 1. The Morgan fingerprint density at radius 3 is 2.66 bits per heavy atom. The number of ether oxygens (including phenoxy) is 1. The molecule has 186 valence electrons. The highest BCUT2D eigenvalue weighted by atomic mass is 35.5. The van der Waals surface area contributed by atoms with Gasteiger partial charge in [0.05, 0.1) is 30.9 Å². The molecule has 0 radical (unpaired) electrons. The smallest absolute Gasteiger partial charge is 0.277 e.